The van der Waals surface area contributed by atoms with Crippen LogP contribution >= 0.6 is 0 Å². The second kappa shape index (κ2) is 8.65. The highest BCUT2D eigenvalue weighted by molar-refractivity contribution is 5.97. The molecule has 7 nitrogen and oxygen atoms in total. The normalized spacial score (nSPS) is 10.7. The number of amides is 1. The number of para-hydroxylation sites is 1. The molecule has 0 aliphatic heterocycles. The van der Waals surface area contributed by atoms with E-state index in [0.717, 1.165) is 17.1 Å². The second-order valence-corrected chi connectivity index (χ2v) is 6.72. The number of anilines is 1. The van der Waals surface area contributed by atoms with Crippen molar-refractivity contribution < 1.29 is 4.79 Å². The van der Waals surface area contributed by atoms with Crippen LogP contribution < -0.4 is 4.90 Å². The first-order valence-corrected chi connectivity index (χ1v) is 9.41. The molecule has 0 fully saturated rings. The molecule has 0 unspecified atom stereocenters. The zero-order chi connectivity index (χ0) is 20.1. The monoisotopic (exact) mass is 378 g/mol. The lowest BCUT2D eigenvalue weighted by Crippen LogP contribution is -2.38. The molecule has 1 amide bonds. The van der Waals surface area contributed by atoms with Crippen molar-refractivity contribution in [2.24, 2.45) is 0 Å². The van der Waals surface area contributed by atoms with Gasteiger partial charge in [0.25, 0.3) is 5.91 Å². The summed E-state index contributed by atoms with van der Waals surface area (Å²) in [5, 5.41) is 4.27. The smallest absolute Gasteiger partial charge is 0.256 e. The summed E-state index contributed by atoms with van der Waals surface area (Å²) in [7, 11) is 1.95. The molecule has 146 valence electrons. The molecule has 2 aromatic heterocycles. The van der Waals surface area contributed by atoms with Gasteiger partial charge >= 0.3 is 0 Å². The lowest BCUT2D eigenvalue weighted by Gasteiger charge is -2.25. The van der Waals surface area contributed by atoms with E-state index < -0.39 is 0 Å². The molecule has 0 atom stereocenters. The fourth-order valence-electron chi connectivity index (χ4n) is 3.09. The maximum Gasteiger partial charge on any atom is 0.256 e. The van der Waals surface area contributed by atoms with Crippen LogP contribution in [0.25, 0.3) is 5.69 Å². The Hall–Kier alpha value is -3.22. The van der Waals surface area contributed by atoms with Crippen LogP contribution in [0.15, 0.2) is 48.8 Å². The number of carbonyl (C=O) groups excluding carboxylic acids is 1. The zero-order valence-corrected chi connectivity index (χ0v) is 16.8. The van der Waals surface area contributed by atoms with Gasteiger partial charge in [-0.2, -0.15) is 5.10 Å². The number of aromatic nitrogens is 4. The van der Waals surface area contributed by atoms with Gasteiger partial charge in [-0.15, -0.1) is 0 Å². The zero-order valence-electron chi connectivity index (χ0n) is 16.8. The number of hydrogen-bond acceptors (Lipinski definition) is 5. The molecule has 0 bridgehead atoms. The summed E-state index contributed by atoms with van der Waals surface area (Å²) >= 11 is 0. The van der Waals surface area contributed by atoms with Crippen LogP contribution in [-0.4, -0.2) is 57.2 Å². The van der Waals surface area contributed by atoms with Crippen LogP contribution in [0, 0.1) is 13.8 Å². The van der Waals surface area contributed by atoms with Crippen molar-refractivity contribution in [3.8, 4) is 5.69 Å². The molecule has 7 heteroatoms. The Morgan fingerprint density at radius 1 is 1.07 bits per heavy atom. The van der Waals surface area contributed by atoms with E-state index in [1.54, 1.807) is 10.9 Å². The van der Waals surface area contributed by atoms with Gasteiger partial charge < -0.3 is 9.80 Å². The summed E-state index contributed by atoms with van der Waals surface area (Å²) in [5.41, 5.74) is 3.29. The Labute approximate surface area is 165 Å². The van der Waals surface area contributed by atoms with Crippen LogP contribution in [0.2, 0.25) is 0 Å². The fourth-order valence-corrected chi connectivity index (χ4v) is 3.09. The number of rotatable bonds is 7. The van der Waals surface area contributed by atoms with Gasteiger partial charge in [-0.3, -0.25) is 4.79 Å². The molecular formula is C21H26N6O. The summed E-state index contributed by atoms with van der Waals surface area (Å²) in [6, 6.07) is 11.3. The molecule has 28 heavy (non-hydrogen) atoms. The van der Waals surface area contributed by atoms with Crippen LogP contribution in [0.4, 0.5) is 5.95 Å². The Bertz CT molecular complexity index is 918. The van der Waals surface area contributed by atoms with E-state index in [1.807, 2.05) is 80.2 Å². The highest BCUT2D eigenvalue weighted by Gasteiger charge is 2.19. The van der Waals surface area contributed by atoms with Crippen molar-refractivity contribution in [2.75, 3.05) is 31.6 Å². The topological polar surface area (TPSA) is 67.2 Å². The molecule has 0 N–H and O–H groups in total. The fraction of sp³-hybridized carbons (Fsp3) is 0.333. The first-order chi connectivity index (χ1) is 13.5. The molecule has 3 rings (SSSR count). The van der Waals surface area contributed by atoms with Crippen molar-refractivity contribution in [1.82, 2.24) is 24.6 Å². The van der Waals surface area contributed by atoms with Crippen LogP contribution in [0.3, 0.4) is 0 Å². The van der Waals surface area contributed by atoms with E-state index in [2.05, 4.69) is 15.1 Å². The molecule has 2 heterocycles. The lowest BCUT2D eigenvalue weighted by atomic mass is 10.1. The number of benzene rings is 1. The summed E-state index contributed by atoms with van der Waals surface area (Å²) in [5.74, 6) is 0.668. The predicted octanol–water partition coefficient (Wildman–Crippen LogP) is 2.88. The molecule has 0 saturated carbocycles. The third-order valence-corrected chi connectivity index (χ3v) is 4.57. The number of aryl methyl sites for hydroxylation is 2. The number of hydrogen-bond donors (Lipinski definition) is 0. The number of nitrogens with zero attached hydrogens (tertiary/aromatic N) is 6. The van der Waals surface area contributed by atoms with Gasteiger partial charge in [0.15, 0.2) is 0 Å². The van der Waals surface area contributed by atoms with Crippen LogP contribution in [-0.2, 0) is 0 Å². The van der Waals surface area contributed by atoms with E-state index in [-0.39, 0.29) is 5.91 Å². The number of likely N-dealkylation sites (N-methyl/N-ethyl adjacent to an activating group) is 2. The highest BCUT2D eigenvalue weighted by atomic mass is 16.2. The first-order valence-electron chi connectivity index (χ1n) is 9.41. The van der Waals surface area contributed by atoms with Crippen LogP contribution in [0.5, 0.6) is 0 Å². The predicted molar refractivity (Wildman–Crippen MR) is 110 cm³/mol. The molecule has 0 saturated heterocycles. The Morgan fingerprint density at radius 3 is 2.43 bits per heavy atom. The molecule has 0 spiro atoms. The van der Waals surface area contributed by atoms with Gasteiger partial charge in [-0.05, 0) is 45.0 Å². The average molecular weight is 378 g/mol. The number of carbonyl (C=O) groups is 1. The molecule has 0 radical (unpaired) electrons. The Morgan fingerprint density at radius 2 is 1.79 bits per heavy atom. The summed E-state index contributed by atoms with van der Waals surface area (Å²) in [6.45, 7) is 7.75. The SMILES string of the molecule is CCN(CCN(C)c1nc(C)cc(C)n1)C(=O)c1ccccc1-n1cccn1. The van der Waals surface area contributed by atoms with Crippen molar-refractivity contribution in [1.29, 1.82) is 0 Å². The summed E-state index contributed by atoms with van der Waals surface area (Å²) in [6.07, 6.45) is 3.55. The minimum Gasteiger partial charge on any atom is -0.342 e. The Balaban J connectivity index is 1.74. The van der Waals surface area contributed by atoms with Gasteiger partial charge in [0.05, 0.1) is 11.3 Å². The summed E-state index contributed by atoms with van der Waals surface area (Å²) in [4.78, 5) is 26.0. The molecular weight excluding hydrogens is 352 g/mol. The maximum absolute atomic E-state index is 13.2. The standard InChI is InChI=1S/C21H26N6O/c1-5-26(14-13-25(4)21-23-16(2)15-17(3)24-21)20(28)18-9-6-7-10-19(18)27-12-8-11-22-27/h6-12,15H,5,13-14H2,1-4H3. The molecule has 3 aromatic rings. The van der Waals surface area contributed by atoms with E-state index in [4.69, 9.17) is 0 Å². The quantitative estimate of drug-likeness (QED) is 0.632. The van der Waals surface area contributed by atoms with Gasteiger partial charge in [-0.25, -0.2) is 14.6 Å². The lowest BCUT2D eigenvalue weighted by molar-refractivity contribution is 0.0768. The van der Waals surface area contributed by atoms with Gasteiger partial charge in [0.1, 0.15) is 0 Å². The highest BCUT2D eigenvalue weighted by Crippen LogP contribution is 2.16. The maximum atomic E-state index is 13.2. The van der Waals surface area contributed by atoms with Gasteiger partial charge in [0.2, 0.25) is 5.95 Å². The third kappa shape index (κ3) is 4.36. The largest absolute Gasteiger partial charge is 0.342 e. The summed E-state index contributed by atoms with van der Waals surface area (Å²) < 4.78 is 1.72. The van der Waals surface area contributed by atoms with Gasteiger partial charge in [-0.1, -0.05) is 12.1 Å². The molecule has 1 aromatic carbocycles. The minimum absolute atomic E-state index is 0.0108. The molecule has 0 aliphatic carbocycles. The van der Waals surface area contributed by atoms with Crippen molar-refractivity contribution in [3.05, 3.63) is 65.7 Å². The molecule has 0 aliphatic rings. The average Bonchev–Trinajstić information content (AvgIpc) is 3.22. The van der Waals surface area contributed by atoms with Crippen molar-refractivity contribution in [3.63, 3.8) is 0 Å². The minimum atomic E-state index is -0.0108. The van der Waals surface area contributed by atoms with E-state index in [9.17, 15) is 4.79 Å². The van der Waals surface area contributed by atoms with E-state index >= 15 is 0 Å². The van der Waals surface area contributed by atoms with Gasteiger partial charge in [0, 0.05) is 50.5 Å². The third-order valence-electron chi connectivity index (χ3n) is 4.57. The van der Waals surface area contributed by atoms with Crippen molar-refractivity contribution >= 4 is 11.9 Å². The second-order valence-electron chi connectivity index (χ2n) is 6.72. The van der Waals surface area contributed by atoms with E-state index in [0.29, 0.717) is 31.1 Å². The Kier molecular flexibility index (Phi) is 6.03. The van der Waals surface area contributed by atoms with Crippen molar-refractivity contribution in [2.45, 2.75) is 20.8 Å². The van der Waals surface area contributed by atoms with Crippen LogP contribution in [0.1, 0.15) is 28.7 Å². The first kappa shape index (κ1) is 19.5. The van der Waals surface area contributed by atoms with E-state index in [1.165, 1.54) is 0 Å².